The van der Waals surface area contributed by atoms with Gasteiger partial charge in [-0.15, -0.1) is 0 Å². The summed E-state index contributed by atoms with van der Waals surface area (Å²) < 4.78 is 17.4. The normalized spacial score (nSPS) is 14.2. The van der Waals surface area contributed by atoms with Gasteiger partial charge in [-0.25, -0.2) is 4.79 Å². The van der Waals surface area contributed by atoms with Crippen LogP contribution in [0.3, 0.4) is 0 Å². The maximum Gasteiger partial charge on any atom is 0.377 e. The van der Waals surface area contributed by atoms with Gasteiger partial charge in [-0.05, 0) is 67.4 Å². The Morgan fingerprint density at radius 1 is 1.08 bits per heavy atom. The fraction of sp³-hybridized carbons (Fsp3) is 0.250. The summed E-state index contributed by atoms with van der Waals surface area (Å²) in [7, 11) is 3.61. The summed E-state index contributed by atoms with van der Waals surface area (Å²) in [5, 5.41) is 11.8. The van der Waals surface area contributed by atoms with Crippen LogP contribution in [0.2, 0.25) is 5.02 Å². The van der Waals surface area contributed by atoms with Crippen LogP contribution in [-0.4, -0.2) is 56.2 Å². The molecule has 0 fully saturated rings. The highest BCUT2D eigenvalue weighted by atomic mass is 35.5. The molecule has 0 aliphatic carbocycles. The van der Waals surface area contributed by atoms with E-state index < -0.39 is 17.7 Å². The van der Waals surface area contributed by atoms with E-state index in [9.17, 15) is 14.4 Å². The molecular weight excluding hydrogens is 512 g/mol. The number of hydrogen-bond acceptors (Lipinski definition) is 7. The Balaban J connectivity index is 1.45. The Labute approximate surface area is 224 Å². The van der Waals surface area contributed by atoms with Gasteiger partial charge in [0.1, 0.15) is 30.0 Å². The summed E-state index contributed by atoms with van der Waals surface area (Å²) in [6, 6.07) is 13.1. The number of ether oxygens (including phenoxy) is 3. The van der Waals surface area contributed by atoms with E-state index in [2.05, 4.69) is 10.2 Å². The molecular formula is C28H27ClN2O7. The van der Waals surface area contributed by atoms with Crippen molar-refractivity contribution in [2.75, 3.05) is 37.5 Å². The van der Waals surface area contributed by atoms with Gasteiger partial charge in [0.05, 0.1) is 19.3 Å². The van der Waals surface area contributed by atoms with Gasteiger partial charge in [0.2, 0.25) is 0 Å². The van der Waals surface area contributed by atoms with Gasteiger partial charge < -0.3 is 29.5 Å². The zero-order chi connectivity index (χ0) is 27.6. The Bertz CT molecular complexity index is 1400. The first-order valence-corrected chi connectivity index (χ1v) is 12.1. The van der Waals surface area contributed by atoms with Crippen LogP contribution in [0.4, 0.5) is 11.4 Å². The Morgan fingerprint density at radius 3 is 2.45 bits per heavy atom. The molecule has 10 heteroatoms. The number of rotatable bonds is 8. The number of nitrogens with one attached hydrogen (secondary N) is 1. The maximum atomic E-state index is 13.1. The number of ketones is 1. The second-order valence-electron chi connectivity index (χ2n) is 9.01. The van der Waals surface area contributed by atoms with Gasteiger partial charge in [-0.1, -0.05) is 11.6 Å². The number of carbonyl (C=O) groups is 3. The van der Waals surface area contributed by atoms with E-state index in [1.807, 2.05) is 25.2 Å². The quantitative estimate of drug-likeness (QED) is 0.311. The number of hydrogen-bond donors (Lipinski definition) is 2. The molecule has 198 valence electrons. The highest BCUT2D eigenvalue weighted by molar-refractivity contribution is 6.41. The van der Waals surface area contributed by atoms with E-state index >= 15 is 0 Å². The van der Waals surface area contributed by atoms with Crippen molar-refractivity contribution in [2.24, 2.45) is 0 Å². The summed E-state index contributed by atoms with van der Waals surface area (Å²) in [5.74, 6) is -1.04. The van der Waals surface area contributed by atoms with Crippen molar-refractivity contribution in [1.82, 2.24) is 0 Å². The number of carboxylic acids is 1. The number of carboxylic acid groups (broad SMARTS) is 1. The van der Waals surface area contributed by atoms with Crippen molar-refractivity contribution in [3.8, 4) is 17.2 Å². The number of benzene rings is 3. The minimum atomic E-state index is -1.61. The summed E-state index contributed by atoms with van der Waals surface area (Å²) in [6.45, 7) is 4.52. The molecule has 1 atom stereocenters. The molecule has 0 radical (unpaired) electrons. The third-order valence-corrected chi connectivity index (χ3v) is 6.35. The molecule has 1 amide bonds. The van der Waals surface area contributed by atoms with E-state index in [0.29, 0.717) is 35.6 Å². The Morgan fingerprint density at radius 2 is 1.79 bits per heavy atom. The molecule has 0 bridgehead atoms. The minimum absolute atomic E-state index is 0.127. The van der Waals surface area contributed by atoms with Crippen LogP contribution in [-0.2, 0) is 4.79 Å². The number of methoxy groups -OCH3 is 1. The molecule has 3 aromatic carbocycles. The molecule has 0 spiro atoms. The zero-order valence-corrected chi connectivity index (χ0v) is 22.1. The minimum Gasteiger partial charge on any atom is -0.497 e. The summed E-state index contributed by atoms with van der Waals surface area (Å²) in [6.07, 6.45) is -0.199. The first kappa shape index (κ1) is 26.8. The average molecular weight is 539 g/mol. The lowest BCUT2D eigenvalue weighted by Gasteiger charge is -2.34. The molecule has 4 rings (SSSR count). The van der Waals surface area contributed by atoms with Gasteiger partial charge in [0.15, 0.2) is 0 Å². The Kier molecular flexibility index (Phi) is 7.78. The molecule has 0 unspecified atom stereocenters. The SMILES string of the molecule is COc1ccc2c(c1)N(C)C[C@@H](COc1cc(C)c(C(=O)Nc3cc(Cl)cc(C(=O)C(=O)O)c3)c(C)c1)O2. The van der Waals surface area contributed by atoms with E-state index in [1.165, 1.54) is 18.2 Å². The summed E-state index contributed by atoms with van der Waals surface area (Å²) in [5.41, 5.74) is 2.82. The second kappa shape index (κ2) is 11.0. The average Bonchev–Trinajstić information content (AvgIpc) is 2.86. The number of amides is 1. The Hall–Kier alpha value is -4.24. The predicted molar refractivity (Wildman–Crippen MR) is 143 cm³/mol. The van der Waals surface area contributed by atoms with Crippen LogP contribution in [0.25, 0.3) is 0 Å². The smallest absolute Gasteiger partial charge is 0.377 e. The third-order valence-electron chi connectivity index (χ3n) is 6.13. The van der Waals surface area contributed by atoms with Crippen LogP contribution in [0.1, 0.15) is 31.8 Å². The van der Waals surface area contributed by atoms with E-state index in [4.69, 9.17) is 30.9 Å². The lowest BCUT2D eigenvalue weighted by molar-refractivity contribution is -0.131. The highest BCUT2D eigenvalue weighted by Gasteiger charge is 2.25. The molecule has 1 aliphatic heterocycles. The number of nitrogens with zero attached hydrogens (tertiary/aromatic N) is 1. The highest BCUT2D eigenvalue weighted by Crippen LogP contribution is 2.36. The van der Waals surface area contributed by atoms with E-state index in [0.717, 1.165) is 17.2 Å². The topological polar surface area (TPSA) is 114 Å². The number of carbonyl (C=O) groups excluding carboxylic acids is 2. The number of fused-ring (bicyclic) bond motifs is 1. The number of aryl methyl sites for hydroxylation is 2. The molecule has 38 heavy (non-hydrogen) atoms. The lowest BCUT2D eigenvalue weighted by atomic mass is 10.0. The van der Waals surface area contributed by atoms with Crippen LogP contribution >= 0.6 is 11.6 Å². The van der Waals surface area contributed by atoms with Crippen molar-refractivity contribution < 1.29 is 33.7 Å². The number of likely N-dealkylation sites (N-methyl/N-ethyl adjacent to an activating group) is 1. The molecule has 9 nitrogen and oxygen atoms in total. The van der Waals surface area contributed by atoms with Gasteiger partial charge in [0.25, 0.3) is 11.7 Å². The van der Waals surface area contributed by atoms with Crippen molar-refractivity contribution in [3.05, 3.63) is 75.8 Å². The van der Waals surface area contributed by atoms with Crippen LogP contribution < -0.4 is 24.4 Å². The van der Waals surface area contributed by atoms with Crippen LogP contribution in [0.5, 0.6) is 17.2 Å². The number of Topliss-reactive ketones (excluding diaryl/α,β-unsaturated/α-hetero) is 1. The number of anilines is 2. The zero-order valence-electron chi connectivity index (χ0n) is 21.3. The fourth-order valence-electron chi connectivity index (χ4n) is 4.39. The summed E-state index contributed by atoms with van der Waals surface area (Å²) >= 11 is 6.03. The standard InChI is InChI=1S/C28H27ClN2O7/c1-15-7-21(37-14-22-13-31(3)23-12-20(36-4)5-6-24(23)38-22)8-16(2)25(15)27(33)30-19-10-17(9-18(29)11-19)26(32)28(34)35/h5-12,22H,13-14H2,1-4H3,(H,30,33)(H,34,35)/t22-/m0/s1. The lowest BCUT2D eigenvalue weighted by Crippen LogP contribution is -2.41. The van der Waals surface area contributed by atoms with Gasteiger partial charge >= 0.3 is 5.97 Å². The molecule has 1 aliphatic rings. The van der Waals surface area contributed by atoms with Gasteiger partial charge in [-0.2, -0.15) is 0 Å². The number of halogens is 1. The predicted octanol–water partition coefficient (Wildman–Crippen LogP) is 4.76. The molecule has 3 aromatic rings. The first-order valence-electron chi connectivity index (χ1n) is 11.7. The molecule has 1 heterocycles. The van der Waals surface area contributed by atoms with E-state index in [-0.39, 0.29) is 22.4 Å². The van der Waals surface area contributed by atoms with Gasteiger partial charge in [-0.3, -0.25) is 9.59 Å². The summed E-state index contributed by atoms with van der Waals surface area (Å²) in [4.78, 5) is 38.0. The monoisotopic (exact) mass is 538 g/mol. The molecule has 0 aromatic heterocycles. The number of aliphatic carboxylic acids is 1. The van der Waals surface area contributed by atoms with Crippen molar-refractivity contribution >= 4 is 40.6 Å². The molecule has 0 saturated carbocycles. The van der Waals surface area contributed by atoms with Crippen LogP contribution in [0.15, 0.2) is 48.5 Å². The molecule has 0 saturated heterocycles. The van der Waals surface area contributed by atoms with Gasteiger partial charge in [0, 0.05) is 35.0 Å². The van der Waals surface area contributed by atoms with E-state index in [1.54, 1.807) is 33.1 Å². The fourth-order valence-corrected chi connectivity index (χ4v) is 4.63. The first-order chi connectivity index (χ1) is 18.0. The molecule has 2 N–H and O–H groups in total. The van der Waals surface area contributed by atoms with Crippen molar-refractivity contribution in [3.63, 3.8) is 0 Å². The largest absolute Gasteiger partial charge is 0.497 e. The third kappa shape index (κ3) is 5.84. The second-order valence-corrected chi connectivity index (χ2v) is 9.45. The van der Waals surface area contributed by atoms with Crippen molar-refractivity contribution in [1.29, 1.82) is 0 Å². The maximum absolute atomic E-state index is 13.1. The van der Waals surface area contributed by atoms with Crippen LogP contribution in [0, 0.1) is 13.8 Å². The van der Waals surface area contributed by atoms with Crippen molar-refractivity contribution in [2.45, 2.75) is 20.0 Å².